The van der Waals surface area contributed by atoms with Crippen molar-refractivity contribution in [2.45, 2.75) is 46.3 Å². The average Bonchev–Trinajstić information content (AvgIpc) is 2.28. The van der Waals surface area contributed by atoms with Gasteiger partial charge in [0.1, 0.15) is 0 Å². The summed E-state index contributed by atoms with van der Waals surface area (Å²) in [5.74, 6) is 0. The Bertz CT molecular complexity index is 323. The first-order valence-electron chi connectivity index (χ1n) is 6.08. The van der Waals surface area contributed by atoms with E-state index < -0.39 is 0 Å². The summed E-state index contributed by atoms with van der Waals surface area (Å²) in [6.07, 6.45) is 1.51. The molecule has 0 radical (unpaired) electrons. The van der Waals surface area contributed by atoms with Gasteiger partial charge in [-0.1, -0.05) is 25.1 Å². The Balaban J connectivity index is 2.29. The van der Waals surface area contributed by atoms with Gasteiger partial charge in [-0.25, -0.2) is 0 Å². The van der Waals surface area contributed by atoms with Gasteiger partial charge in [-0.05, 0) is 49.9 Å². The first-order chi connectivity index (χ1) is 7.63. The molecule has 0 spiro atoms. The maximum atomic E-state index is 9.40. The molecular weight excluding hydrogens is 198 g/mol. The van der Waals surface area contributed by atoms with Crippen molar-refractivity contribution >= 4 is 0 Å². The van der Waals surface area contributed by atoms with Crippen LogP contribution in [0.5, 0.6) is 0 Å². The van der Waals surface area contributed by atoms with Gasteiger partial charge in [0.15, 0.2) is 0 Å². The van der Waals surface area contributed by atoms with Crippen LogP contribution in [0.15, 0.2) is 18.2 Å². The van der Waals surface area contributed by atoms with E-state index in [9.17, 15) is 5.11 Å². The minimum absolute atomic E-state index is 0.160. The standard InChI is InChI=1S/C14H23NO/c1-4-14(16)7-8-15-10-13-6-5-11(2)12(3)9-13/h5-6,9,14-16H,4,7-8,10H2,1-3H3. The van der Waals surface area contributed by atoms with Crippen LogP contribution in [0.1, 0.15) is 36.5 Å². The molecule has 0 amide bonds. The number of benzene rings is 1. The second kappa shape index (κ2) is 6.66. The van der Waals surface area contributed by atoms with Crippen molar-refractivity contribution < 1.29 is 5.11 Å². The molecule has 0 fully saturated rings. The van der Waals surface area contributed by atoms with E-state index in [1.165, 1.54) is 16.7 Å². The van der Waals surface area contributed by atoms with Gasteiger partial charge in [-0.3, -0.25) is 0 Å². The summed E-state index contributed by atoms with van der Waals surface area (Å²) in [5.41, 5.74) is 3.99. The van der Waals surface area contributed by atoms with Gasteiger partial charge in [-0.15, -0.1) is 0 Å². The summed E-state index contributed by atoms with van der Waals surface area (Å²) in [5, 5.41) is 12.7. The molecule has 0 saturated carbocycles. The average molecular weight is 221 g/mol. The first-order valence-corrected chi connectivity index (χ1v) is 6.08. The number of nitrogens with one attached hydrogen (secondary N) is 1. The largest absolute Gasteiger partial charge is 0.393 e. The summed E-state index contributed by atoms with van der Waals surface area (Å²) >= 11 is 0. The molecule has 0 bridgehead atoms. The van der Waals surface area contributed by atoms with E-state index in [1.54, 1.807) is 0 Å². The highest BCUT2D eigenvalue weighted by molar-refractivity contribution is 5.29. The molecule has 16 heavy (non-hydrogen) atoms. The molecule has 1 aromatic rings. The molecule has 0 aliphatic rings. The normalized spacial score (nSPS) is 12.8. The van der Waals surface area contributed by atoms with Gasteiger partial charge < -0.3 is 10.4 Å². The molecule has 1 rings (SSSR count). The maximum absolute atomic E-state index is 9.40. The molecule has 2 nitrogen and oxygen atoms in total. The van der Waals surface area contributed by atoms with Crippen molar-refractivity contribution in [1.82, 2.24) is 5.32 Å². The lowest BCUT2D eigenvalue weighted by molar-refractivity contribution is 0.159. The summed E-state index contributed by atoms with van der Waals surface area (Å²) in [4.78, 5) is 0. The quantitative estimate of drug-likeness (QED) is 0.724. The highest BCUT2D eigenvalue weighted by atomic mass is 16.3. The van der Waals surface area contributed by atoms with Gasteiger partial charge in [0.2, 0.25) is 0 Å². The van der Waals surface area contributed by atoms with Crippen molar-refractivity contribution in [3.63, 3.8) is 0 Å². The lowest BCUT2D eigenvalue weighted by Crippen LogP contribution is -2.19. The van der Waals surface area contributed by atoms with E-state index in [2.05, 4.69) is 37.4 Å². The molecule has 0 aliphatic heterocycles. The molecule has 1 unspecified atom stereocenters. The highest BCUT2D eigenvalue weighted by Gasteiger charge is 2.00. The second-order valence-electron chi connectivity index (χ2n) is 4.45. The lowest BCUT2D eigenvalue weighted by atomic mass is 10.1. The fourth-order valence-electron chi connectivity index (χ4n) is 1.62. The van der Waals surface area contributed by atoms with Crippen LogP contribution >= 0.6 is 0 Å². The third-order valence-electron chi connectivity index (χ3n) is 3.03. The molecule has 2 N–H and O–H groups in total. The molecule has 0 heterocycles. The highest BCUT2D eigenvalue weighted by Crippen LogP contribution is 2.09. The second-order valence-corrected chi connectivity index (χ2v) is 4.45. The van der Waals surface area contributed by atoms with Gasteiger partial charge >= 0.3 is 0 Å². The van der Waals surface area contributed by atoms with Gasteiger partial charge in [0.25, 0.3) is 0 Å². The van der Waals surface area contributed by atoms with E-state index in [-0.39, 0.29) is 6.10 Å². The fourth-order valence-corrected chi connectivity index (χ4v) is 1.62. The molecule has 2 heteroatoms. The van der Waals surface area contributed by atoms with Gasteiger partial charge in [0.05, 0.1) is 6.10 Å². The predicted molar refractivity (Wildman–Crippen MR) is 68.5 cm³/mol. The van der Waals surface area contributed by atoms with Gasteiger partial charge in [-0.2, -0.15) is 0 Å². The minimum atomic E-state index is -0.160. The van der Waals surface area contributed by atoms with Crippen molar-refractivity contribution in [3.8, 4) is 0 Å². The number of aliphatic hydroxyl groups excluding tert-OH is 1. The van der Waals surface area contributed by atoms with Crippen LogP contribution in [0.2, 0.25) is 0 Å². The van der Waals surface area contributed by atoms with Gasteiger partial charge in [0, 0.05) is 6.54 Å². The number of aliphatic hydroxyl groups is 1. The van der Waals surface area contributed by atoms with E-state index in [0.29, 0.717) is 0 Å². The first kappa shape index (κ1) is 13.2. The molecule has 1 aromatic carbocycles. The zero-order valence-corrected chi connectivity index (χ0v) is 10.6. The third-order valence-corrected chi connectivity index (χ3v) is 3.03. The van der Waals surface area contributed by atoms with Crippen LogP contribution < -0.4 is 5.32 Å². The Labute approximate surface area is 98.7 Å². The van der Waals surface area contributed by atoms with Crippen molar-refractivity contribution in [3.05, 3.63) is 34.9 Å². The molecule has 0 aromatic heterocycles. The fraction of sp³-hybridized carbons (Fsp3) is 0.571. The molecule has 1 atom stereocenters. The van der Waals surface area contributed by atoms with Crippen LogP contribution in [0, 0.1) is 13.8 Å². The Morgan fingerprint density at radius 2 is 2.00 bits per heavy atom. The topological polar surface area (TPSA) is 32.3 Å². The molecule has 90 valence electrons. The van der Waals surface area contributed by atoms with E-state index in [1.807, 2.05) is 6.92 Å². The smallest absolute Gasteiger partial charge is 0.0549 e. The Morgan fingerprint density at radius 3 is 2.62 bits per heavy atom. The zero-order valence-electron chi connectivity index (χ0n) is 10.6. The SMILES string of the molecule is CCC(O)CCNCc1ccc(C)c(C)c1. The van der Waals surface area contributed by atoms with Crippen molar-refractivity contribution in [2.75, 3.05) is 6.54 Å². The number of aryl methyl sites for hydroxylation is 2. The van der Waals surface area contributed by atoms with Crippen LogP contribution in [-0.2, 0) is 6.54 Å². The van der Waals surface area contributed by atoms with E-state index in [0.717, 1.165) is 25.9 Å². The van der Waals surface area contributed by atoms with Crippen molar-refractivity contribution in [1.29, 1.82) is 0 Å². The summed E-state index contributed by atoms with van der Waals surface area (Å²) in [6, 6.07) is 6.54. The van der Waals surface area contributed by atoms with Crippen LogP contribution in [0.3, 0.4) is 0 Å². The number of hydrogen-bond acceptors (Lipinski definition) is 2. The Morgan fingerprint density at radius 1 is 1.25 bits per heavy atom. The summed E-state index contributed by atoms with van der Waals surface area (Å²) < 4.78 is 0. The zero-order chi connectivity index (χ0) is 12.0. The molecular formula is C14H23NO. The Kier molecular flexibility index (Phi) is 5.50. The van der Waals surface area contributed by atoms with E-state index in [4.69, 9.17) is 0 Å². The monoisotopic (exact) mass is 221 g/mol. The van der Waals surface area contributed by atoms with Crippen LogP contribution in [-0.4, -0.2) is 17.8 Å². The summed E-state index contributed by atoms with van der Waals surface area (Å²) in [7, 11) is 0. The lowest BCUT2D eigenvalue weighted by Gasteiger charge is -2.09. The number of hydrogen-bond donors (Lipinski definition) is 2. The minimum Gasteiger partial charge on any atom is -0.393 e. The van der Waals surface area contributed by atoms with Crippen LogP contribution in [0.25, 0.3) is 0 Å². The number of rotatable bonds is 6. The van der Waals surface area contributed by atoms with Crippen LogP contribution in [0.4, 0.5) is 0 Å². The van der Waals surface area contributed by atoms with E-state index >= 15 is 0 Å². The molecule has 0 saturated heterocycles. The van der Waals surface area contributed by atoms with Crippen molar-refractivity contribution in [2.24, 2.45) is 0 Å². The molecule has 0 aliphatic carbocycles. The summed E-state index contributed by atoms with van der Waals surface area (Å²) in [6.45, 7) is 8.04. The maximum Gasteiger partial charge on any atom is 0.0549 e. The Hall–Kier alpha value is -0.860. The third kappa shape index (κ3) is 4.33. The predicted octanol–water partition coefficient (Wildman–Crippen LogP) is 2.55.